The van der Waals surface area contributed by atoms with Crippen LogP contribution < -0.4 is 10.5 Å². The molecule has 188 valence electrons. The Labute approximate surface area is 207 Å². The highest BCUT2D eigenvalue weighted by Gasteiger charge is 2.16. The summed E-state index contributed by atoms with van der Waals surface area (Å²) in [5.41, 5.74) is 8.89. The smallest absolute Gasteiger partial charge is 0.294 e. The van der Waals surface area contributed by atoms with Gasteiger partial charge in [0.2, 0.25) is 10.0 Å². The van der Waals surface area contributed by atoms with Gasteiger partial charge in [0.1, 0.15) is 0 Å². The number of benzene rings is 3. The highest BCUT2D eigenvalue weighted by atomic mass is 32.2. The largest absolute Gasteiger partial charge is 0.327 e. The number of hydrogen-bond donors (Lipinski definition) is 3. The molecule has 1 atom stereocenters. The summed E-state index contributed by atoms with van der Waals surface area (Å²) in [6.07, 6.45) is 1.32. The number of hydrogen-bond acceptors (Lipinski definition) is 6. The summed E-state index contributed by atoms with van der Waals surface area (Å²) in [6.45, 7) is 3.28. The highest BCUT2D eigenvalue weighted by Crippen LogP contribution is 2.14. The van der Waals surface area contributed by atoms with Crippen LogP contribution >= 0.6 is 0 Å². The van der Waals surface area contributed by atoms with Crippen LogP contribution in [0.25, 0.3) is 0 Å². The third-order valence-corrected chi connectivity index (χ3v) is 7.22. The summed E-state index contributed by atoms with van der Waals surface area (Å²) in [7, 11) is -7.59. The maximum Gasteiger partial charge on any atom is 0.294 e. The quantitative estimate of drug-likeness (QED) is 0.288. The van der Waals surface area contributed by atoms with E-state index in [1.165, 1.54) is 25.1 Å². The summed E-state index contributed by atoms with van der Waals surface area (Å²) in [6, 6.07) is 21.8. The molecule has 10 heteroatoms. The average molecular weight is 519 g/mol. The lowest BCUT2D eigenvalue weighted by Gasteiger charge is -2.14. The lowest BCUT2D eigenvalue weighted by Crippen LogP contribution is -2.33. The van der Waals surface area contributed by atoms with Crippen molar-refractivity contribution in [3.05, 3.63) is 95.6 Å². The summed E-state index contributed by atoms with van der Waals surface area (Å²) in [5, 5.41) is 0. The second-order valence-corrected chi connectivity index (χ2v) is 11.3. The Bertz CT molecular complexity index is 1320. The van der Waals surface area contributed by atoms with E-state index >= 15 is 0 Å². The Hall–Kier alpha value is -3.05. The molecule has 3 rings (SSSR count). The number of nitrogens with one attached hydrogen (secondary N) is 1. The first-order valence-corrected chi connectivity index (χ1v) is 13.9. The molecule has 3 aromatic carbocycles. The molecule has 0 aliphatic rings. The van der Waals surface area contributed by atoms with Crippen molar-refractivity contribution in [1.82, 2.24) is 0 Å². The van der Waals surface area contributed by atoms with Gasteiger partial charge in [-0.15, -0.1) is 0 Å². The first-order valence-electron chi connectivity index (χ1n) is 10.8. The van der Waals surface area contributed by atoms with Crippen LogP contribution in [0.2, 0.25) is 0 Å². The molecule has 0 aromatic heterocycles. The Kier molecular flexibility index (Phi) is 10.1. The van der Waals surface area contributed by atoms with Crippen molar-refractivity contribution in [2.24, 2.45) is 5.73 Å². The molecule has 0 heterocycles. The van der Waals surface area contributed by atoms with E-state index < -0.39 is 26.2 Å². The zero-order chi connectivity index (χ0) is 26.1. The van der Waals surface area contributed by atoms with Crippen LogP contribution in [0.15, 0.2) is 83.8 Å². The Morgan fingerprint density at radius 1 is 0.943 bits per heavy atom. The summed E-state index contributed by atoms with van der Waals surface area (Å²) in [5.74, 6) is -0.278. The molecule has 0 fully saturated rings. The van der Waals surface area contributed by atoms with Crippen molar-refractivity contribution < 1.29 is 26.2 Å². The fourth-order valence-corrected chi connectivity index (χ4v) is 4.87. The van der Waals surface area contributed by atoms with Gasteiger partial charge in [0, 0.05) is 17.3 Å². The van der Waals surface area contributed by atoms with Crippen molar-refractivity contribution in [2.45, 2.75) is 37.6 Å². The number of rotatable bonds is 9. The van der Waals surface area contributed by atoms with E-state index in [-0.39, 0.29) is 16.4 Å². The topological polar surface area (TPSA) is 144 Å². The molecule has 0 aliphatic heterocycles. The fraction of sp³-hybridized carbons (Fsp3) is 0.240. The van der Waals surface area contributed by atoms with Gasteiger partial charge >= 0.3 is 0 Å². The molecule has 0 radical (unpaired) electrons. The number of sulfonamides is 1. The van der Waals surface area contributed by atoms with Gasteiger partial charge in [-0.3, -0.25) is 14.1 Å². The van der Waals surface area contributed by atoms with Crippen LogP contribution in [0.4, 0.5) is 5.69 Å². The van der Waals surface area contributed by atoms with Gasteiger partial charge in [-0.1, -0.05) is 60.2 Å². The van der Waals surface area contributed by atoms with Crippen molar-refractivity contribution in [2.75, 3.05) is 10.5 Å². The van der Waals surface area contributed by atoms with E-state index in [2.05, 4.69) is 4.72 Å². The predicted octanol–water partition coefficient (Wildman–Crippen LogP) is 3.83. The van der Waals surface area contributed by atoms with Gasteiger partial charge in [-0.05, 0) is 56.5 Å². The number of Topliss-reactive ketones (excluding diaryl/α,β-unsaturated/α-hetero) is 1. The lowest BCUT2D eigenvalue weighted by molar-refractivity contribution is 0.101. The molecule has 0 aliphatic carbocycles. The van der Waals surface area contributed by atoms with Crippen LogP contribution in [0, 0.1) is 6.92 Å². The van der Waals surface area contributed by atoms with E-state index in [0.717, 1.165) is 17.5 Å². The maximum atomic E-state index is 12.2. The molecule has 0 unspecified atom stereocenters. The van der Waals surface area contributed by atoms with Crippen molar-refractivity contribution in [3.8, 4) is 0 Å². The minimum absolute atomic E-state index is 0.0666. The Morgan fingerprint density at radius 3 is 2.14 bits per heavy atom. The molecule has 8 nitrogen and oxygen atoms in total. The van der Waals surface area contributed by atoms with E-state index in [9.17, 15) is 21.6 Å². The third-order valence-electron chi connectivity index (χ3n) is 4.94. The van der Waals surface area contributed by atoms with Crippen LogP contribution in [-0.2, 0) is 26.6 Å². The van der Waals surface area contributed by atoms with Gasteiger partial charge in [0.15, 0.2) is 5.78 Å². The van der Waals surface area contributed by atoms with Gasteiger partial charge in [-0.25, -0.2) is 8.42 Å². The zero-order valence-electron chi connectivity index (χ0n) is 19.6. The first kappa shape index (κ1) is 28.2. The second-order valence-electron chi connectivity index (χ2n) is 8.09. The first-order chi connectivity index (χ1) is 16.4. The number of carbonyl (C=O) groups is 1. The molecule has 0 saturated carbocycles. The van der Waals surface area contributed by atoms with E-state index in [1.54, 1.807) is 30.3 Å². The van der Waals surface area contributed by atoms with Crippen LogP contribution in [0.3, 0.4) is 0 Å². The number of carbonyl (C=O) groups excluding carboxylic acids is 1. The molecular formula is C25H30N2O6S2. The van der Waals surface area contributed by atoms with Gasteiger partial charge in [0.25, 0.3) is 10.1 Å². The number of anilines is 1. The van der Waals surface area contributed by atoms with Crippen molar-refractivity contribution >= 4 is 31.6 Å². The molecule has 0 spiro atoms. The van der Waals surface area contributed by atoms with Gasteiger partial charge in [-0.2, -0.15) is 8.42 Å². The molecule has 35 heavy (non-hydrogen) atoms. The van der Waals surface area contributed by atoms with Gasteiger partial charge < -0.3 is 5.73 Å². The predicted molar refractivity (Wildman–Crippen MR) is 138 cm³/mol. The van der Waals surface area contributed by atoms with E-state index in [4.69, 9.17) is 10.3 Å². The number of aryl methyl sites for hydroxylation is 2. The Morgan fingerprint density at radius 2 is 1.57 bits per heavy atom. The highest BCUT2D eigenvalue weighted by molar-refractivity contribution is 7.92. The van der Waals surface area contributed by atoms with E-state index in [0.29, 0.717) is 17.7 Å². The molecule has 0 amide bonds. The zero-order valence-corrected chi connectivity index (χ0v) is 21.2. The lowest BCUT2D eigenvalue weighted by atomic mass is 10.1. The van der Waals surface area contributed by atoms with Gasteiger partial charge in [0.05, 0.1) is 10.6 Å². The SMILES string of the molecule is CC(=O)c1cccc(NS(=O)(=O)C[C@@H](N)CCc2ccccc2)c1.Cc1ccc(S(=O)(=O)O)cc1. The summed E-state index contributed by atoms with van der Waals surface area (Å²) >= 11 is 0. The number of ketones is 1. The molecule has 0 saturated heterocycles. The molecular weight excluding hydrogens is 488 g/mol. The standard InChI is InChI=1S/C18H22N2O3S.C7H8O3S/c1-14(21)16-8-5-9-18(12-16)20-24(22,23)13-17(19)11-10-15-6-3-2-4-7-15;1-6-2-4-7(5-3-6)11(8,9)10/h2-9,12,17,20H,10-11,13,19H2,1H3;2-5H,1H3,(H,8,9,10)/t17-;/m0./s1. The minimum Gasteiger partial charge on any atom is -0.327 e. The normalized spacial score (nSPS) is 12.2. The average Bonchev–Trinajstić information content (AvgIpc) is 2.78. The fourth-order valence-electron chi connectivity index (χ4n) is 3.10. The monoisotopic (exact) mass is 518 g/mol. The summed E-state index contributed by atoms with van der Waals surface area (Å²) in [4.78, 5) is 11.3. The van der Waals surface area contributed by atoms with E-state index in [1.807, 2.05) is 37.3 Å². The van der Waals surface area contributed by atoms with Crippen LogP contribution in [0.1, 0.15) is 34.8 Å². The minimum atomic E-state index is -4.02. The Balaban J connectivity index is 0.000000328. The third kappa shape index (κ3) is 10.4. The maximum absolute atomic E-state index is 12.2. The van der Waals surface area contributed by atoms with Crippen molar-refractivity contribution in [1.29, 1.82) is 0 Å². The molecule has 3 aromatic rings. The van der Waals surface area contributed by atoms with Crippen molar-refractivity contribution in [3.63, 3.8) is 0 Å². The molecule has 4 N–H and O–H groups in total. The van der Waals surface area contributed by atoms with Crippen LogP contribution in [0.5, 0.6) is 0 Å². The number of nitrogens with two attached hydrogens (primary N) is 1. The molecule has 0 bridgehead atoms. The van der Waals surface area contributed by atoms with Crippen LogP contribution in [-0.4, -0.2) is 39.0 Å². The summed E-state index contributed by atoms with van der Waals surface area (Å²) < 4.78 is 56.5. The second kappa shape index (κ2) is 12.6.